The van der Waals surface area contributed by atoms with E-state index in [4.69, 9.17) is 23.2 Å². The predicted molar refractivity (Wildman–Crippen MR) is 115 cm³/mol. The van der Waals surface area contributed by atoms with E-state index in [1.54, 1.807) is 42.7 Å². The summed E-state index contributed by atoms with van der Waals surface area (Å²) in [5.41, 5.74) is 5.04. The summed E-state index contributed by atoms with van der Waals surface area (Å²) in [6.07, 6.45) is 6.65. The Morgan fingerprint density at radius 2 is 1.46 bits per heavy atom. The van der Waals surface area contributed by atoms with Crippen LogP contribution in [-0.4, -0.2) is 15.8 Å². The fourth-order valence-corrected chi connectivity index (χ4v) is 3.15. The lowest BCUT2D eigenvalue weighted by Crippen LogP contribution is -1.94. The molecule has 136 valence electrons. The summed E-state index contributed by atoms with van der Waals surface area (Å²) >= 11 is 12.0. The number of rotatable bonds is 4. The molecular formula is C23H14Cl2N2O. The summed E-state index contributed by atoms with van der Waals surface area (Å²) in [5, 5.41) is 1.02. The highest BCUT2D eigenvalue weighted by Crippen LogP contribution is 2.28. The molecule has 0 saturated heterocycles. The molecule has 0 saturated carbocycles. The van der Waals surface area contributed by atoms with Crippen molar-refractivity contribution in [2.24, 2.45) is 0 Å². The summed E-state index contributed by atoms with van der Waals surface area (Å²) < 4.78 is 0. The molecule has 0 aliphatic rings. The summed E-state index contributed by atoms with van der Waals surface area (Å²) in [6.45, 7) is 0. The number of halogens is 2. The lowest BCUT2D eigenvalue weighted by atomic mass is 10.0. The third kappa shape index (κ3) is 3.96. The number of carbonyl (C=O) groups is 1. The Balaban J connectivity index is 1.52. The zero-order valence-corrected chi connectivity index (χ0v) is 16.2. The number of allylic oxidation sites excluding steroid dienone is 1. The van der Waals surface area contributed by atoms with Crippen LogP contribution >= 0.6 is 23.2 Å². The maximum absolute atomic E-state index is 12.5. The molecule has 0 radical (unpaired) electrons. The Morgan fingerprint density at radius 1 is 0.750 bits per heavy atom. The average Bonchev–Trinajstić information content (AvgIpc) is 2.74. The largest absolute Gasteiger partial charge is 0.289 e. The van der Waals surface area contributed by atoms with Crippen molar-refractivity contribution in [2.75, 3.05) is 0 Å². The molecule has 3 aromatic carbocycles. The Morgan fingerprint density at radius 3 is 2.21 bits per heavy atom. The maximum Gasteiger partial charge on any atom is 0.185 e. The molecule has 0 amide bonds. The second-order valence-electron chi connectivity index (χ2n) is 6.21. The summed E-state index contributed by atoms with van der Waals surface area (Å²) in [4.78, 5) is 21.0. The van der Waals surface area contributed by atoms with Crippen LogP contribution in [-0.2, 0) is 0 Å². The van der Waals surface area contributed by atoms with Gasteiger partial charge in [-0.25, -0.2) is 0 Å². The number of benzene rings is 3. The SMILES string of the molecule is O=C(C=Cc1ccc2nccnc2c1)c1ccc(-c2ccc(Cl)c(Cl)c2)cc1. The Kier molecular flexibility index (Phi) is 5.20. The zero-order chi connectivity index (χ0) is 19.5. The van der Waals surface area contributed by atoms with Gasteiger partial charge in [-0.1, -0.05) is 65.7 Å². The van der Waals surface area contributed by atoms with Crippen LogP contribution in [0.15, 0.2) is 79.1 Å². The second-order valence-corrected chi connectivity index (χ2v) is 7.02. The molecule has 28 heavy (non-hydrogen) atoms. The zero-order valence-electron chi connectivity index (χ0n) is 14.6. The van der Waals surface area contributed by atoms with Crippen LogP contribution in [0.25, 0.3) is 28.2 Å². The van der Waals surface area contributed by atoms with Crippen LogP contribution < -0.4 is 0 Å². The van der Waals surface area contributed by atoms with E-state index in [0.717, 1.165) is 27.7 Å². The second kappa shape index (κ2) is 7.93. The third-order valence-electron chi connectivity index (χ3n) is 4.34. The quantitative estimate of drug-likeness (QED) is 0.288. The van der Waals surface area contributed by atoms with Gasteiger partial charge in [0.1, 0.15) is 0 Å². The lowest BCUT2D eigenvalue weighted by molar-refractivity contribution is 0.104. The van der Waals surface area contributed by atoms with Crippen molar-refractivity contribution >= 4 is 46.1 Å². The summed E-state index contributed by atoms with van der Waals surface area (Å²) in [6, 6.07) is 18.6. The molecule has 4 rings (SSSR count). The number of nitrogens with zero attached hydrogens (tertiary/aromatic N) is 2. The number of aromatic nitrogens is 2. The van der Waals surface area contributed by atoms with Crippen molar-refractivity contribution in [3.8, 4) is 11.1 Å². The van der Waals surface area contributed by atoms with Gasteiger partial charge in [0.15, 0.2) is 5.78 Å². The Hall–Kier alpha value is -3.01. The van der Waals surface area contributed by atoms with Crippen molar-refractivity contribution in [1.29, 1.82) is 0 Å². The van der Waals surface area contributed by atoms with E-state index in [2.05, 4.69) is 9.97 Å². The third-order valence-corrected chi connectivity index (χ3v) is 5.08. The first-order chi connectivity index (χ1) is 13.6. The van der Waals surface area contributed by atoms with Gasteiger partial charge in [0.05, 0.1) is 21.1 Å². The lowest BCUT2D eigenvalue weighted by Gasteiger charge is -2.04. The molecule has 4 aromatic rings. The normalized spacial score (nSPS) is 11.2. The number of ketones is 1. The minimum absolute atomic E-state index is 0.0695. The summed E-state index contributed by atoms with van der Waals surface area (Å²) in [5.74, 6) is -0.0695. The highest BCUT2D eigenvalue weighted by atomic mass is 35.5. The number of fused-ring (bicyclic) bond motifs is 1. The topological polar surface area (TPSA) is 42.9 Å². The van der Waals surface area contributed by atoms with Gasteiger partial charge in [-0.15, -0.1) is 0 Å². The van der Waals surface area contributed by atoms with E-state index in [1.807, 2.05) is 42.5 Å². The molecule has 0 aliphatic heterocycles. The van der Waals surface area contributed by atoms with Crippen LogP contribution in [0, 0.1) is 0 Å². The fraction of sp³-hybridized carbons (Fsp3) is 0. The minimum atomic E-state index is -0.0695. The van der Waals surface area contributed by atoms with Gasteiger partial charge in [-0.3, -0.25) is 14.8 Å². The standard InChI is InChI=1S/C23H14Cl2N2O/c24-19-8-7-18(14-20(19)25)16-3-5-17(6-4-16)23(28)10-2-15-1-9-21-22(13-15)27-12-11-26-21/h1-14H. The first-order valence-corrected chi connectivity index (χ1v) is 9.34. The van der Waals surface area contributed by atoms with Crippen molar-refractivity contribution in [3.05, 3.63) is 100 Å². The van der Waals surface area contributed by atoms with Crippen molar-refractivity contribution < 1.29 is 4.79 Å². The van der Waals surface area contributed by atoms with Crippen LogP contribution in [0.1, 0.15) is 15.9 Å². The van der Waals surface area contributed by atoms with Gasteiger partial charge in [-0.2, -0.15) is 0 Å². The molecule has 0 aliphatic carbocycles. The van der Waals surface area contributed by atoms with E-state index in [0.29, 0.717) is 15.6 Å². The van der Waals surface area contributed by atoms with Gasteiger partial charge in [-0.05, 0) is 47.0 Å². The van der Waals surface area contributed by atoms with Gasteiger partial charge in [0.2, 0.25) is 0 Å². The van der Waals surface area contributed by atoms with Crippen LogP contribution in [0.2, 0.25) is 10.0 Å². The maximum atomic E-state index is 12.5. The molecule has 5 heteroatoms. The Bertz CT molecular complexity index is 1200. The molecule has 0 atom stereocenters. The van der Waals surface area contributed by atoms with Crippen molar-refractivity contribution in [1.82, 2.24) is 9.97 Å². The van der Waals surface area contributed by atoms with E-state index in [1.165, 1.54) is 0 Å². The van der Waals surface area contributed by atoms with Crippen LogP contribution in [0.4, 0.5) is 0 Å². The van der Waals surface area contributed by atoms with E-state index >= 15 is 0 Å². The van der Waals surface area contributed by atoms with Gasteiger partial charge in [0, 0.05) is 18.0 Å². The Labute approximate surface area is 172 Å². The predicted octanol–water partition coefficient (Wildman–Crippen LogP) is 6.50. The number of carbonyl (C=O) groups excluding carboxylic acids is 1. The molecule has 0 N–H and O–H groups in total. The van der Waals surface area contributed by atoms with E-state index in [-0.39, 0.29) is 5.78 Å². The molecule has 0 unspecified atom stereocenters. The molecular weight excluding hydrogens is 391 g/mol. The minimum Gasteiger partial charge on any atom is -0.289 e. The van der Waals surface area contributed by atoms with Gasteiger partial charge >= 0.3 is 0 Å². The molecule has 0 bridgehead atoms. The number of hydrogen-bond donors (Lipinski definition) is 0. The monoisotopic (exact) mass is 404 g/mol. The average molecular weight is 405 g/mol. The molecule has 0 fully saturated rings. The summed E-state index contributed by atoms with van der Waals surface area (Å²) in [7, 11) is 0. The van der Waals surface area contributed by atoms with Crippen molar-refractivity contribution in [2.45, 2.75) is 0 Å². The van der Waals surface area contributed by atoms with Crippen LogP contribution in [0.3, 0.4) is 0 Å². The van der Waals surface area contributed by atoms with E-state index in [9.17, 15) is 4.79 Å². The molecule has 3 nitrogen and oxygen atoms in total. The van der Waals surface area contributed by atoms with E-state index < -0.39 is 0 Å². The van der Waals surface area contributed by atoms with Gasteiger partial charge < -0.3 is 0 Å². The highest BCUT2D eigenvalue weighted by Gasteiger charge is 2.05. The molecule has 0 spiro atoms. The first kappa shape index (κ1) is 18.4. The first-order valence-electron chi connectivity index (χ1n) is 8.59. The number of hydrogen-bond acceptors (Lipinski definition) is 3. The highest BCUT2D eigenvalue weighted by molar-refractivity contribution is 6.42. The van der Waals surface area contributed by atoms with Crippen LogP contribution in [0.5, 0.6) is 0 Å². The molecule has 1 aromatic heterocycles. The van der Waals surface area contributed by atoms with Crippen molar-refractivity contribution in [3.63, 3.8) is 0 Å². The van der Waals surface area contributed by atoms with Gasteiger partial charge in [0.25, 0.3) is 0 Å². The smallest absolute Gasteiger partial charge is 0.185 e. The molecule has 1 heterocycles. The fourth-order valence-electron chi connectivity index (χ4n) is 2.85.